The molecular formula is C15H7N3O. The molecule has 3 rings (SSSR count). The molecule has 19 heavy (non-hydrogen) atoms. The molecule has 0 radical (unpaired) electrons. The van der Waals surface area contributed by atoms with E-state index in [4.69, 9.17) is 10.5 Å². The van der Waals surface area contributed by atoms with Gasteiger partial charge in [0.15, 0.2) is 5.71 Å². The molecule has 1 heterocycles. The molecule has 0 bridgehead atoms. The Bertz CT molecular complexity index is 782. The van der Waals surface area contributed by atoms with Crippen molar-refractivity contribution in [1.29, 1.82) is 10.5 Å². The topological polar surface area (TPSA) is 77.0 Å². The summed E-state index contributed by atoms with van der Waals surface area (Å²) in [5.41, 5.74) is 2.77. The van der Waals surface area contributed by atoms with Crippen LogP contribution in [-0.2, 0) is 0 Å². The molecule has 0 unspecified atom stereocenters. The van der Waals surface area contributed by atoms with Gasteiger partial charge in [-0.15, -0.1) is 0 Å². The van der Waals surface area contributed by atoms with E-state index in [2.05, 4.69) is 4.99 Å². The molecule has 1 aliphatic heterocycles. The molecular weight excluding hydrogens is 238 g/mol. The van der Waals surface area contributed by atoms with E-state index in [1.807, 2.05) is 24.3 Å². The van der Waals surface area contributed by atoms with Gasteiger partial charge < -0.3 is 0 Å². The van der Waals surface area contributed by atoms with E-state index in [0.29, 0.717) is 17.7 Å². The van der Waals surface area contributed by atoms with Gasteiger partial charge in [-0.3, -0.25) is 4.79 Å². The predicted molar refractivity (Wildman–Crippen MR) is 69.1 cm³/mol. The number of nitrogens with zero attached hydrogens (tertiary/aromatic N) is 3. The maximum Gasteiger partial charge on any atom is 0.212 e. The van der Waals surface area contributed by atoms with Crippen LogP contribution >= 0.6 is 0 Å². The zero-order valence-electron chi connectivity index (χ0n) is 9.84. The van der Waals surface area contributed by atoms with Gasteiger partial charge in [0.1, 0.15) is 17.8 Å². The van der Waals surface area contributed by atoms with Gasteiger partial charge in [0.05, 0.1) is 5.57 Å². The number of benzene rings is 1. The van der Waals surface area contributed by atoms with E-state index in [0.717, 1.165) is 11.1 Å². The van der Waals surface area contributed by atoms with Crippen LogP contribution < -0.4 is 0 Å². The molecule has 88 valence electrons. The second-order valence-corrected chi connectivity index (χ2v) is 4.21. The van der Waals surface area contributed by atoms with Crippen LogP contribution in [0.15, 0.2) is 46.6 Å². The second kappa shape index (κ2) is 4.04. The molecule has 0 saturated carbocycles. The Kier molecular flexibility index (Phi) is 2.37. The fraction of sp³-hybridized carbons (Fsp3) is 0.0667. The van der Waals surface area contributed by atoms with Gasteiger partial charge in [-0.1, -0.05) is 30.3 Å². The van der Waals surface area contributed by atoms with E-state index in [1.54, 1.807) is 18.2 Å². The zero-order valence-corrected chi connectivity index (χ0v) is 9.84. The summed E-state index contributed by atoms with van der Waals surface area (Å²) >= 11 is 0. The third kappa shape index (κ3) is 1.51. The SMILES string of the molecule is N#CC1=CCC2=C(N=C1C#N)C(=O)c1ccccc12. The first-order valence-electron chi connectivity index (χ1n) is 5.73. The summed E-state index contributed by atoms with van der Waals surface area (Å²) in [5.74, 6) is -0.175. The van der Waals surface area contributed by atoms with Crippen molar-refractivity contribution in [2.75, 3.05) is 0 Å². The zero-order chi connectivity index (χ0) is 13.4. The molecule has 1 aliphatic carbocycles. The van der Waals surface area contributed by atoms with Crippen molar-refractivity contribution in [3.63, 3.8) is 0 Å². The van der Waals surface area contributed by atoms with Crippen molar-refractivity contribution >= 4 is 17.1 Å². The molecule has 2 aliphatic rings. The van der Waals surface area contributed by atoms with Crippen LogP contribution in [0.4, 0.5) is 0 Å². The highest BCUT2D eigenvalue weighted by Gasteiger charge is 2.30. The Balaban J connectivity index is 2.23. The summed E-state index contributed by atoms with van der Waals surface area (Å²) < 4.78 is 0. The van der Waals surface area contributed by atoms with E-state index < -0.39 is 0 Å². The Hall–Kier alpha value is -2.98. The quantitative estimate of drug-likeness (QED) is 0.704. The van der Waals surface area contributed by atoms with Crippen molar-refractivity contribution in [3.8, 4) is 12.1 Å². The number of hydrogen-bond donors (Lipinski definition) is 0. The number of carbonyl (C=O) groups excluding carboxylic acids is 1. The highest BCUT2D eigenvalue weighted by Crippen LogP contribution is 2.37. The lowest BCUT2D eigenvalue weighted by Gasteiger charge is -2.00. The maximum atomic E-state index is 12.3. The highest BCUT2D eigenvalue weighted by molar-refractivity contribution is 6.24. The molecule has 0 saturated heterocycles. The molecule has 0 aromatic heterocycles. The molecule has 4 heteroatoms. The number of allylic oxidation sites excluding steroid dienone is 4. The van der Waals surface area contributed by atoms with Crippen molar-refractivity contribution in [1.82, 2.24) is 0 Å². The number of hydrogen-bond acceptors (Lipinski definition) is 4. The first-order chi connectivity index (χ1) is 9.26. The van der Waals surface area contributed by atoms with Gasteiger partial charge >= 0.3 is 0 Å². The Morgan fingerprint density at radius 1 is 1.11 bits per heavy atom. The molecule has 0 spiro atoms. The van der Waals surface area contributed by atoms with Crippen LogP contribution in [0.3, 0.4) is 0 Å². The molecule has 0 amide bonds. The summed E-state index contributed by atoms with van der Waals surface area (Å²) in [4.78, 5) is 16.4. The van der Waals surface area contributed by atoms with E-state index in [-0.39, 0.29) is 17.1 Å². The van der Waals surface area contributed by atoms with Gasteiger partial charge in [0.2, 0.25) is 5.78 Å². The number of nitriles is 2. The minimum atomic E-state index is -0.175. The Labute approximate surface area is 109 Å². The summed E-state index contributed by atoms with van der Waals surface area (Å²) in [6.45, 7) is 0. The van der Waals surface area contributed by atoms with Crippen LogP contribution in [0, 0.1) is 22.7 Å². The van der Waals surface area contributed by atoms with Gasteiger partial charge in [-0.2, -0.15) is 10.5 Å². The van der Waals surface area contributed by atoms with Gasteiger partial charge in [0.25, 0.3) is 0 Å². The monoisotopic (exact) mass is 245 g/mol. The Morgan fingerprint density at radius 3 is 2.53 bits per heavy atom. The number of carbonyl (C=O) groups is 1. The minimum Gasteiger partial charge on any atom is -0.287 e. The highest BCUT2D eigenvalue weighted by atomic mass is 16.1. The Morgan fingerprint density at radius 2 is 1.84 bits per heavy atom. The fourth-order valence-electron chi connectivity index (χ4n) is 2.32. The van der Waals surface area contributed by atoms with Gasteiger partial charge in [-0.05, 0) is 17.6 Å². The molecule has 4 nitrogen and oxygen atoms in total. The normalized spacial score (nSPS) is 16.6. The lowest BCUT2D eigenvalue weighted by atomic mass is 10.0. The third-order valence-electron chi connectivity index (χ3n) is 3.21. The molecule has 0 N–H and O–H groups in total. The smallest absolute Gasteiger partial charge is 0.212 e. The van der Waals surface area contributed by atoms with Gasteiger partial charge in [0, 0.05) is 5.56 Å². The lowest BCUT2D eigenvalue weighted by Crippen LogP contribution is -2.02. The number of fused-ring (bicyclic) bond motifs is 2. The van der Waals surface area contributed by atoms with Crippen molar-refractivity contribution in [3.05, 3.63) is 52.7 Å². The number of Topliss-reactive ketones (excluding diaryl/α,β-unsaturated/α-hetero) is 1. The van der Waals surface area contributed by atoms with Crippen molar-refractivity contribution in [2.45, 2.75) is 6.42 Å². The van der Waals surface area contributed by atoms with Crippen molar-refractivity contribution < 1.29 is 4.79 Å². The molecule has 1 aromatic rings. The summed E-state index contributed by atoms with van der Waals surface area (Å²) in [7, 11) is 0. The van der Waals surface area contributed by atoms with Crippen LogP contribution in [-0.4, -0.2) is 11.5 Å². The second-order valence-electron chi connectivity index (χ2n) is 4.21. The maximum absolute atomic E-state index is 12.3. The van der Waals surface area contributed by atoms with Crippen LogP contribution in [0.2, 0.25) is 0 Å². The van der Waals surface area contributed by atoms with Crippen LogP contribution in [0.25, 0.3) is 5.57 Å². The number of ketones is 1. The first kappa shape index (κ1) is 11.1. The molecule has 1 aromatic carbocycles. The summed E-state index contributed by atoms with van der Waals surface area (Å²) in [5, 5.41) is 18.0. The molecule has 0 atom stereocenters. The fourth-order valence-corrected chi connectivity index (χ4v) is 2.32. The first-order valence-corrected chi connectivity index (χ1v) is 5.73. The predicted octanol–water partition coefficient (Wildman–Crippen LogP) is 2.41. The standard InChI is InChI=1S/C15H7N3O/c16-7-9-5-6-11-10-3-1-2-4-12(10)15(19)14(11)18-13(9)8-17/h1-5H,6H2. The minimum absolute atomic E-state index is 0.00801. The summed E-state index contributed by atoms with van der Waals surface area (Å²) in [6.07, 6.45) is 2.09. The van der Waals surface area contributed by atoms with Crippen molar-refractivity contribution in [2.24, 2.45) is 4.99 Å². The number of aliphatic imine (C=N–C) groups is 1. The van der Waals surface area contributed by atoms with E-state index in [9.17, 15) is 4.79 Å². The molecule has 0 fully saturated rings. The van der Waals surface area contributed by atoms with Gasteiger partial charge in [-0.25, -0.2) is 4.99 Å². The van der Waals surface area contributed by atoms with E-state index >= 15 is 0 Å². The summed E-state index contributed by atoms with van der Waals surface area (Å²) in [6, 6.07) is 11.1. The third-order valence-corrected chi connectivity index (χ3v) is 3.21. The van der Waals surface area contributed by atoms with E-state index in [1.165, 1.54) is 0 Å². The average molecular weight is 245 g/mol. The largest absolute Gasteiger partial charge is 0.287 e. The lowest BCUT2D eigenvalue weighted by molar-refractivity contribution is 0.103. The number of rotatable bonds is 0. The van der Waals surface area contributed by atoms with Crippen LogP contribution in [0.5, 0.6) is 0 Å². The average Bonchev–Trinajstić information content (AvgIpc) is 2.62. The van der Waals surface area contributed by atoms with Crippen LogP contribution in [0.1, 0.15) is 22.3 Å².